The number of likely N-dealkylation sites (N-methyl/N-ethyl adjacent to an activating group) is 1. The van der Waals surface area contributed by atoms with Crippen molar-refractivity contribution in [2.75, 3.05) is 33.2 Å². The smallest absolute Gasteiger partial charge is 0.277 e. The molecule has 3 heterocycles. The molecule has 0 atom stereocenters. The largest absolute Gasteiger partial charge is 0.336 e. The third-order valence-electron chi connectivity index (χ3n) is 4.96. The number of fused-ring (bicyclic) bond motifs is 3. The molecule has 1 aliphatic rings. The molecule has 7 nitrogen and oxygen atoms in total. The maximum atomic E-state index is 12.8. The molecule has 1 aromatic carbocycles. The van der Waals surface area contributed by atoms with Crippen LogP contribution in [0.4, 0.5) is 0 Å². The van der Waals surface area contributed by atoms with Gasteiger partial charge in [0.25, 0.3) is 11.5 Å². The molecule has 7 heteroatoms. The number of aromatic nitrogens is 3. The van der Waals surface area contributed by atoms with Gasteiger partial charge in [0.2, 0.25) is 0 Å². The van der Waals surface area contributed by atoms with E-state index in [0.717, 1.165) is 37.2 Å². The van der Waals surface area contributed by atoms with E-state index in [9.17, 15) is 9.59 Å². The van der Waals surface area contributed by atoms with Crippen LogP contribution in [0.5, 0.6) is 0 Å². The van der Waals surface area contributed by atoms with Crippen molar-refractivity contribution in [3.8, 4) is 0 Å². The van der Waals surface area contributed by atoms with Gasteiger partial charge in [0.15, 0.2) is 0 Å². The minimum Gasteiger partial charge on any atom is -0.336 e. The summed E-state index contributed by atoms with van der Waals surface area (Å²) in [5.41, 5.74) is 2.65. The van der Waals surface area contributed by atoms with Crippen LogP contribution in [0.25, 0.3) is 16.6 Å². The fourth-order valence-corrected chi connectivity index (χ4v) is 3.46. The van der Waals surface area contributed by atoms with E-state index < -0.39 is 0 Å². The Labute approximate surface area is 145 Å². The number of nitrogens with zero attached hydrogens (tertiary/aromatic N) is 5. The van der Waals surface area contributed by atoms with E-state index in [1.165, 1.54) is 0 Å². The molecule has 0 aliphatic carbocycles. The van der Waals surface area contributed by atoms with Crippen molar-refractivity contribution < 1.29 is 4.79 Å². The number of aryl methyl sites for hydroxylation is 1. The van der Waals surface area contributed by atoms with Gasteiger partial charge in [0.05, 0.1) is 17.2 Å². The van der Waals surface area contributed by atoms with Crippen LogP contribution >= 0.6 is 0 Å². The summed E-state index contributed by atoms with van der Waals surface area (Å²) in [4.78, 5) is 29.6. The summed E-state index contributed by atoms with van der Waals surface area (Å²) in [6, 6.07) is 7.25. The Balaban J connectivity index is 1.83. The van der Waals surface area contributed by atoms with E-state index in [1.54, 1.807) is 21.3 Å². The number of rotatable bonds is 2. The van der Waals surface area contributed by atoms with E-state index in [2.05, 4.69) is 17.0 Å². The van der Waals surface area contributed by atoms with Crippen molar-refractivity contribution in [2.45, 2.75) is 13.5 Å². The summed E-state index contributed by atoms with van der Waals surface area (Å²) in [5.74, 6) is 0.0191. The highest BCUT2D eigenvalue weighted by Gasteiger charge is 2.21. The fourth-order valence-electron chi connectivity index (χ4n) is 3.46. The first-order chi connectivity index (χ1) is 12.1. The summed E-state index contributed by atoms with van der Waals surface area (Å²) >= 11 is 0. The third kappa shape index (κ3) is 2.51. The van der Waals surface area contributed by atoms with Crippen LogP contribution < -0.4 is 5.56 Å². The van der Waals surface area contributed by atoms with Gasteiger partial charge in [0.1, 0.15) is 5.52 Å². The molecule has 2 aromatic heterocycles. The molecule has 0 saturated carbocycles. The average molecular weight is 339 g/mol. The van der Waals surface area contributed by atoms with Gasteiger partial charge >= 0.3 is 0 Å². The first kappa shape index (κ1) is 15.8. The van der Waals surface area contributed by atoms with E-state index in [4.69, 9.17) is 0 Å². The number of amides is 1. The normalized spacial score (nSPS) is 16.0. The summed E-state index contributed by atoms with van der Waals surface area (Å²) < 4.78 is 3.35. The van der Waals surface area contributed by atoms with Crippen molar-refractivity contribution in [3.05, 3.63) is 46.4 Å². The topological polar surface area (TPSA) is 62.9 Å². The number of carbonyl (C=O) groups is 1. The van der Waals surface area contributed by atoms with Crippen LogP contribution in [0.15, 0.2) is 35.3 Å². The van der Waals surface area contributed by atoms with Crippen LogP contribution in [-0.4, -0.2) is 63.1 Å². The van der Waals surface area contributed by atoms with Crippen molar-refractivity contribution >= 4 is 22.5 Å². The van der Waals surface area contributed by atoms with Crippen LogP contribution in [-0.2, 0) is 6.54 Å². The second kappa shape index (κ2) is 6.00. The van der Waals surface area contributed by atoms with Gasteiger partial charge in [-0.15, -0.1) is 0 Å². The van der Waals surface area contributed by atoms with Crippen molar-refractivity contribution in [3.63, 3.8) is 0 Å². The maximum absolute atomic E-state index is 12.8. The SMILES string of the molecule is CCn1c(=O)c2ccnn2c2ccc(C(=O)N3CCN(C)CC3)cc21. The Morgan fingerprint density at radius 2 is 1.84 bits per heavy atom. The molecule has 0 unspecified atom stereocenters. The second-order valence-electron chi connectivity index (χ2n) is 6.48. The Kier molecular flexibility index (Phi) is 3.80. The monoisotopic (exact) mass is 339 g/mol. The summed E-state index contributed by atoms with van der Waals surface area (Å²) in [5, 5.41) is 4.26. The summed E-state index contributed by atoms with van der Waals surface area (Å²) in [6.07, 6.45) is 1.62. The molecule has 1 saturated heterocycles. The van der Waals surface area contributed by atoms with E-state index >= 15 is 0 Å². The Morgan fingerprint density at radius 1 is 1.08 bits per heavy atom. The summed E-state index contributed by atoms with van der Waals surface area (Å²) in [7, 11) is 2.06. The summed E-state index contributed by atoms with van der Waals surface area (Å²) in [6.45, 7) is 5.70. The molecule has 25 heavy (non-hydrogen) atoms. The van der Waals surface area contributed by atoms with Gasteiger partial charge < -0.3 is 14.4 Å². The maximum Gasteiger partial charge on any atom is 0.277 e. The lowest BCUT2D eigenvalue weighted by Gasteiger charge is -2.32. The van der Waals surface area contributed by atoms with Crippen molar-refractivity contribution in [1.82, 2.24) is 24.0 Å². The predicted octanol–water partition coefficient (Wildman–Crippen LogP) is 1.06. The van der Waals surface area contributed by atoms with Gasteiger partial charge in [-0.2, -0.15) is 5.10 Å². The average Bonchev–Trinajstić information content (AvgIpc) is 3.12. The van der Waals surface area contributed by atoms with Gasteiger partial charge in [-0.1, -0.05) is 0 Å². The fraction of sp³-hybridized carbons (Fsp3) is 0.389. The number of piperazine rings is 1. The van der Waals surface area contributed by atoms with Gasteiger partial charge in [-0.3, -0.25) is 9.59 Å². The Hall–Kier alpha value is -2.67. The molecule has 0 N–H and O–H groups in total. The molecular weight excluding hydrogens is 318 g/mol. The molecule has 1 aliphatic heterocycles. The van der Waals surface area contributed by atoms with Crippen LogP contribution in [0.3, 0.4) is 0 Å². The van der Waals surface area contributed by atoms with Crippen molar-refractivity contribution in [2.24, 2.45) is 0 Å². The highest BCUT2D eigenvalue weighted by Crippen LogP contribution is 2.18. The molecule has 1 amide bonds. The van der Waals surface area contributed by atoms with Crippen molar-refractivity contribution in [1.29, 1.82) is 0 Å². The second-order valence-corrected chi connectivity index (χ2v) is 6.48. The standard InChI is InChI=1S/C18H21N5O2/c1-3-22-16-12-13(17(24)21-10-8-20(2)9-11-21)4-5-14(16)23-15(18(22)25)6-7-19-23/h4-7,12H,3,8-11H2,1-2H3. The number of benzene rings is 1. The molecule has 0 radical (unpaired) electrons. The Bertz CT molecular complexity index is 1010. The minimum absolute atomic E-state index is 0.0191. The molecule has 0 spiro atoms. The third-order valence-corrected chi connectivity index (χ3v) is 4.96. The van der Waals surface area contributed by atoms with Crippen LogP contribution in [0, 0.1) is 0 Å². The molecule has 0 bridgehead atoms. The van der Waals surface area contributed by atoms with E-state index in [0.29, 0.717) is 17.6 Å². The van der Waals surface area contributed by atoms with Crippen LogP contribution in [0.1, 0.15) is 17.3 Å². The minimum atomic E-state index is -0.0864. The number of carbonyl (C=O) groups excluding carboxylic acids is 1. The molecular formula is C18H21N5O2. The highest BCUT2D eigenvalue weighted by atomic mass is 16.2. The zero-order chi connectivity index (χ0) is 17.6. The lowest BCUT2D eigenvalue weighted by Crippen LogP contribution is -2.47. The predicted molar refractivity (Wildman–Crippen MR) is 96.0 cm³/mol. The lowest BCUT2D eigenvalue weighted by molar-refractivity contribution is 0.0664. The lowest BCUT2D eigenvalue weighted by atomic mass is 10.1. The van der Waals surface area contributed by atoms with Gasteiger partial charge in [0, 0.05) is 38.3 Å². The molecule has 1 fully saturated rings. The molecule has 4 rings (SSSR count). The van der Waals surface area contributed by atoms with E-state index in [1.807, 2.05) is 30.0 Å². The first-order valence-corrected chi connectivity index (χ1v) is 8.58. The van der Waals surface area contributed by atoms with Gasteiger partial charge in [-0.05, 0) is 38.2 Å². The zero-order valence-corrected chi connectivity index (χ0v) is 14.5. The molecule has 3 aromatic rings. The Morgan fingerprint density at radius 3 is 2.56 bits per heavy atom. The van der Waals surface area contributed by atoms with Crippen LogP contribution in [0.2, 0.25) is 0 Å². The number of hydrogen-bond acceptors (Lipinski definition) is 4. The highest BCUT2D eigenvalue weighted by molar-refractivity contribution is 5.97. The number of hydrogen-bond donors (Lipinski definition) is 0. The van der Waals surface area contributed by atoms with Gasteiger partial charge in [-0.25, -0.2) is 4.52 Å². The quantitative estimate of drug-likeness (QED) is 0.700. The first-order valence-electron chi connectivity index (χ1n) is 8.58. The zero-order valence-electron chi connectivity index (χ0n) is 14.5. The molecule has 130 valence electrons. The van der Waals surface area contributed by atoms with E-state index in [-0.39, 0.29) is 11.5 Å².